The van der Waals surface area contributed by atoms with Crippen molar-refractivity contribution in [3.05, 3.63) is 12.7 Å². The molecule has 0 aromatic rings. The van der Waals surface area contributed by atoms with Crippen LogP contribution < -0.4 is 0 Å². The molecule has 0 heterocycles. The van der Waals surface area contributed by atoms with Crippen molar-refractivity contribution in [3.8, 4) is 0 Å². The minimum Gasteiger partial charge on any atom is -0.455 e. The molecule has 0 aliphatic carbocycles. The lowest BCUT2D eigenvalue weighted by Crippen LogP contribution is -2.11. The van der Waals surface area contributed by atoms with Gasteiger partial charge in [-0.2, -0.15) is 0 Å². The number of carbonyl (C=O) groups excluding carboxylic acids is 2. The summed E-state index contributed by atoms with van der Waals surface area (Å²) in [6.07, 6.45) is 27.2. The molecule has 0 radical (unpaired) electrons. The maximum absolute atomic E-state index is 11.5. The minimum atomic E-state index is -0.522. The van der Waals surface area contributed by atoms with E-state index >= 15 is 0 Å². The van der Waals surface area contributed by atoms with Gasteiger partial charge in [-0.15, -0.1) is 0 Å². The highest BCUT2D eigenvalue weighted by Gasteiger charge is 2.04. The maximum Gasteiger partial charge on any atom is 0.330 e. The van der Waals surface area contributed by atoms with E-state index in [0.717, 1.165) is 18.9 Å². The highest BCUT2D eigenvalue weighted by Crippen LogP contribution is 2.14. The highest BCUT2D eigenvalue weighted by molar-refractivity contribution is 5.86. The number of esters is 1. The molecule has 0 aromatic heterocycles. The zero-order valence-corrected chi connectivity index (χ0v) is 19.4. The molecule has 0 aliphatic heterocycles. The van der Waals surface area contributed by atoms with E-state index in [1.807, 2.05) is 0 Å². The van der Waals surface area contributed by atoms with Crippen molar-refractivity contribution in [2.75, 3.05) is 6.61 Å². The largest absolute Gasteiger partial charge is 0.455 e. The fourth-order valence-electron chi connectivity index (χ4n) is 3.68. The highest BCUT2D eigenvalue weighted by atomic mass is 16.5. The molecule has 3 nitrogen and oxygen atoms in total. The van der Waals surface area contributed by atoms with Crippen LogP contribution in [0.3, 0.4) is 0 Å². The molecule has 0 atom stereocenters. The zero-order chi connectivity index (χ0) is 21.4. The molecule has 3 heteroatoms. The van der Waals surface area contributed by atoms with E-state index in [1.165, 1.54) is 109 Å². The summed E-state index contributed by atoms with van der Waals surface area (Å²) in [5.74, 6) is -0.515. The quantitative estimate of drug-likeness (QED) is 0.0974. The van der Waals surface area contributed by atoms with Gasteiger partial charge in [0.05, 0.1) is 0 Å². The van der Waals surface area contributed by atoms with Crippen LogP contribution in [0.4, 0.5) is 0 Å². The third-order valence-corrected chi connectivity index (χ3v) is 5.60. The van der Waals surface area contributed by atoms with Gasteiger partial charge in [-0.05, 0) is 6.42 Å². The van der Waals surface area contributed by atoms with Crippen LogP contribution in [-0.2, 0) is 14.3 Å². The normalized spacial score (nSPS) is 10.8. The van der Waals surface area contributed by atoms with Crippen LogP contribution in [0, 0.1) is 0 Å². The molecule has 0 saturated heterocycles. The first kappa shape index (κ1) is 27.9. The van der Waals surface area contributed by atoms with Crippen LogP contribution in [0.15, 0.2) is 12.7 Å². The van der Waals surface area contributed by atoms with Gasteiger partial charge in [-0.25, -0.2) is 4.79 Å². The Morgan fingerprint density at radius 1 is 0.621 bits per heavy atom. The smallest absolute Gasteiger partial charge is 0.330 e. The van der Waals surface area contributed by atoms with Crippen LogP contribution in [-0.4, -0.2) is 18.4 Å². The van der Waals surface area contributed by atoms with Crippen LogP contribution in [0.2, 0.25) is 0 Å². The van der Waals surface area contributed by atoms with E-state index in [1.54, 1.807) is 0 Å². The predicted molar refractivity (Wildman–Crippen MR) is 124 cm³/mol. The molecule has 29 heavy (non-hydrogen) atoms. The summed E-state index contributed by atoms with van der Waals surface area (Å²) in [4.78, 5) is 22.4. The third-order valence-electron chi connectivity index (χ3n) is 5.60. The summed E-state index contributed by atoms with van der Waals surface area (Å²) in [7, 11) is 0. The lowest BCUT2D eigenvalue weighted by molar-refractivity contribution is -0.143. The molecule has 0 rings (SSSR count). The van der Waals surface area contributed by atoms with Crippen LogP contribution in [0.1, 0.15) is 135 Å². The van der Waals surface area contributed by atoms with E-state index in [4.69, 9.17) is 4.74 Å². The minimum absolute atomic E-state index is 0.00664. The first-order valence-corrected chi connectivity index (χ1v) is 12.5. The van der Waals surface area contributed by atoms with E-state index in [2.05, 4.69) is 13.5 Å². The molecule has 0 aromatic carbocycles. The van der Waals surface area contributed by atoms with Crippen molar-refractivity contribution < 1.29 is 14.3 Å². The average molecular weight is 409 g/mol. The van der Waals surface area contributed by atoms with Gasteiger partial charge in [0, 0.05) is 12.5 Å². The topological polar surface area (TPSA) is 43.4 Å². The van der Waals surface area contributed by atoms with Gasteiger partial charge in [0.15, 0.2) is 5.78 Å². The molecule has 0 unspecified atom stereocenters. The van der Waals surface area contributed by atoms with Crippen molar-refractivity contribution in [1.29, 1.82) is 0 Å². The van der Waals surface area contributed by atoms with E-state index < -0.39 is 5.97 Å². The Balaban J connectivity index is 3.12. The van der Waals surface area contributed by atoms with Crippen LogP contribution in [0.5, 0.6) is 0 Å². The third kappa shape index (κ3) is 23.0. The lowest BCUT2D eigenvalue weighted by Gasteiger charge is -2.04. The van der Waals surface area contributed by atoms with Crippen LogP contribution >= 0.6 is 0 Å². The number of Topliss-reactive ketones (excluding diaryl/α,β-unsaturated/α-hetero) is 1. The van der Waals surface area contributed by atoms with Gasteiger partial charge in [0.1, 0.15) is 6.61 Å². The number of hydrogen-bond acceptors (Lipinski definition) is 3. The number of ether oxygens (including phenoxy) is 1. The molecule has 170 valence electrons. The van der Waals surface area contributed by atoms with Gasteiger partial charge in [-0.1, -0.05) is 129 Å². The van der Waals surface area contributed by atoms with Crippen LogP contribution in [0.25, 0.3) is 0 Å². The monoisotopic (exact) mass is 408 g/mol. The summed E-state index contributed by atoms with van der Waals surface area (Å²) in [5, 5.41) is 0. The second kappa shape index (κ2) is 23.2. The molecule has 0 aliphatic rings. The van der Waals surface area contributed by atoms with Crippen molar-refractivity contribution in [3.63, 3.8) is 0 Å². The zero-order valence-electron chi connectivity index (χ0n) is 19.4. The number of rotatable bonds is 23. The van der Waals surface area contributed by atoms with Crippen molar-refractivity contribution in [2.24, 2.45) is 0 Å². The molecule has 0 N–H and O–H groups in total. The van der Waals surface area contributed by atoms with Gasteiger partial charge in [0.25, 0.3) is 0 Å². The molecular weight excluding hydrogens is 360 g/mol. The van der Waals surface area contributed by atoms with Gasteiger partial charge in [0.2, 0.25) is 0 Å². The summed E-state index contributed by atoms with van der Waals surface area (Å²) < 4.78 is 4.74. The summed E-state index contributed by atoms with van der Waals surface area (Å²) >= 11 is 0. The molecule has 0 amide bonds. The summed E-state index contributed by atoms with van der Waals surface area (Å²) in [5.41, 5.74) is 0. The number of carbonyl (C=O) groups is 2. The Labute approximate surface area is 181 Å². The maximum atomic E-state index is 11.5. The Morgan fingerprint density at radius 2 is 0.966 bits per heavy atom. The first-order valence-electron chi connectivity index (χ1n) is 12.5. The number of unbranched alkanes of at least 4 members (excludes halogenated alkanes) is 18. The fourth-order valence-corrected chi connectivity index (χ4v) is 3.68. The lowest BCUT2D eigenvalue weighted by atomic mass is 10.0. The predicted octanol–water partition coefficient (Wildman–Crippen LogP) is 8.11. The van der Waals surface area contributed by atoms with E-state index in [-0.39, 0.29) is 12.4 Å². The van der Waals surface area contributed by atoms with Gasteiger partial charge in [-0.3, -0.25) is 4.79 Å². The van der Waals surface area contributed by atoms with E-state index in [0.29, 0.717) is 6.42 Å². The van der Waals surface area contributed by atoms with Crippen molar-refractivity contribution >= 4 is 11.8 Å². The SMILES string of the molecule is C=CC(=O)OCC(=O)CCCCCCCCCCCCCCCCCCCCC. The summed E-state index contributed by atoms with van der Waals surface area (Å²) in [6.45, 7) is 5.48. The molecular formula is C26H48O3. The van der Waals surface area contributed by atoms with Gasteiger partial charge < -0.3 is 4.74 Å². The number of hydrogen-bond donors (Lipinski definition) is 0. The second-order valence-electron chi connectivity index (χ2n) is 8.46. The number of ketones is 1. The molecule has 0 saturated carbocycles. The van der Waals surface area contributed by atoms with E-state index in [9.17, 15) is 9.59 Å². The second-order valence-corrected chi connectivity index (χ2v) is 8.46. The van der Waals surface area contributed by atoms with Gasteiger partial charge >= 0.3 is 5.97 Å². The Hall–Kier alpha value is -1.12. The van der Waals surface area contributed by atoms with Crippen molar-refractivity contribution in [1.82, 2.24) is 0 Å². The average Bonchev–Trinajstić information content (AvgIpc) is 2.73. The Bertz CT molecular complexity index is 389. The fraction of sp³-hybridized carbons (Fsp3) is 0.846. The summed E-state index contributed by atoms with van der Waals surface area (Å²) in [6, 6.07) is 0. The molecule has 0 fully saturated rings. The Morgan fingerprint density at radius 3 is 1.31 bits per heavy atom. The standard InChI is InChI=1S/C26H48O3/c1-3-5-6-7-8-9-10-11-12-13-14-15-16-17-18-19-20-21-22-23-25(27)24-29-26(28)4-2/h4H,2-3,5-24H2,1H3. The first-order chi connectivity index (χ1) is 14.2. The Kier molecular flexibility index (Phi) is 22.3. The molecule has 0 spiro atoms. The van der Waals surface area contributed by atoms with Crippen molar-refractivity contribution in [2.45, 2.75) is 135 Å². The molecule has 0 bridgehead atoms.